The summed E-state index contributed by atoms with van der Waals surface area (Å²) in [7, 11) is 0. The van der Waals surface area contributed by atoms with Crippen LogP contribution in [0.3, 0.4) is 0 Å². The minimum atomic E-state index is -0.0833. The van der Waals surface area contributed by atoms with Crippen LogP contribution >= 0.6 is 0 Å². The molecule has 0 amide bonds. The smallest absolute Gasteiger partial charge is 0.0236 e. The second-order valence-corrected chi connectivity index (χ2v) is 2.16. The largest absolute Gasteiger partial charge is 0.0604 e. The number of hydrogen-bond donors (Lipinski definition) is 0. The highest BCUT2D eigenvalue weighted by molar-refractivity contribution is 4.47. The van der Waals surface area contributed by atoms with Gasteiger partial charge in [0.25, 0.3) is 0 Å². The first kappa shape index (κ1) is 2.22. The Kier molecular flexibility index (Phi) is 0.444. The molecule has 5 heavy (non-hydrogen) atoms. The van der Waals surface area contributed by atoms with Crippen molar-refractivity contribution < 1.29 is 2.74 Å². The van der Waals surface area contributed by atoms with E-state index in [1.54, 1.807) is 0 Å². The van der Waals surface area contributed by atoms with Crippen LogP contribution in [0.5, 0.6) is 0 Å². The van der Waals surface area contributed by atoms with Crippen molar-refractivity contribution in [3.05, 3.63) is 0 Å². The Morgan fingerprint density at radius 2 is 1.80 bits per heavy atom. The van der Waals surface area contributed by atoms with Crippen LogP contribution in [0.15, 0.2) is 0 Å². The van der Waals surface area contributed by atoms with E-state index in [0.717, 1.165) is 0 Å². The van der Waals surface area contributed by atoms with E-state index in [2.05, 4.69) is 0 Å². The molecule has 0 radical (unpaired) electrons. The maximum Gasteiger partial charge on any atom is 0.0236 e. The van der Waals surface area contributed by atoms with Crippen LogP contribution in [0, 0.1) is 5.41 Å². The molecule has 0 aromatic heterocycles. The van der Waals surface area contributed by atoms with Crippen molar-refractivity contribution in [2.75, 3.05) is 0 Å². The lowest BCUT2D eigenvalue weighted by Crippen LogP contribution is -1.93. The maximum atomic E-state index is 6.89. The number of hydrogen-bond acceptors (Lipinski definition) is 0. The van der Waals surface area contributed by atoms with E-state index in [-0.39, 0.29) is 5.41 Å². The van der Waals surface area contributed by atoms with Crippen molar-refractivity contribution in [1.82, 2.24) is 0 Å². The predicted octanol–water partition coefficient (Wildman–Crippen LogP) is 2.05. The molecule has 0 nitrogen and oxygen atoms in total. The van der Waals surface area contributed by atoms with Gasteiger partial charge in [0.1, 0.15) is 0 Å². The third-order valence-electron chi connectivity index (χ3n) is 0. The summed E-state index contributed by atoms with van der Waals surface area (Å²) in [6, 6.07) is 0. The molecule has 0 rings (SSSR count). The lowest BCUT2D eigenvalue weighted by molar-refractivity contribution is 0.469. The average molecular weight is 74.2 g/mol. The summed E-state index contributed by atoms with van der Waals surface area (Å²) < 4.78 is 13.8. The minimum Gasteiger partial charge on any atom is -0.0604 e. The minimum absolute atomic E-state index is 0.0833. The molecule has 0 bridgehead atoms. The molecule has 0 aromatic rings. The van der Waals surface area contributed by atoms with Crippen LogP contribution in [0.1, 0.15) is 30.4 Å². The van der Waals surface area contributed by atoms with Crippen molar-refractivity contribution in [2.45, 2.75) is 27.6 Å². The van der Waals surface area contributed by atoms with E-state index in [1.165, 1.54) is 0 Å². The van der Waals surface area contributed by atoms with Crippen molar-refractivity contribution in [2.24, 2.45) is 5.41 Å². The SMILES string of the molecule is [2H]CC(C)(C)C[2H]. The van der Waals surface area contributed by atoms with Gasteiger partial charge in [-0.15, -0.1) is 0 Å². The number of rotatable bonds is 0. The van der Waals surface area contributed by atoms with E-state index in [1.807, 2.05) is 13.8 Å². The normalized spacial score (nSPS) is 17.2. The van der Waals surface area contributed by atoms with Crippen LogP contribution in [0.25, 0.3) is 0 Å². The third-order valence-corrected chi connectivity index (χ3v) is 0. The van der Waals surface area contributed by atoms with E-state index in [0.29, 0.717) is 13.8 Å². The Hall–Kier alpha value is 0. The first-order valence-corrected chi connectivity index (χ1v) is 1.71. The van der Waals surface area contributed by atoms with Gasteiger partial charge in [-0.1, -0.05) is 27.6 Å². The zero-order valence-corrected chi connectivity index (χ0v) is 3.91. The molecular weight excluding hydrogens is 60.1 g/mol. The molecule has 0 unspecified atom stereocenters. The molecule has 0 spiro atoms. The Labute approximate surface area is 37.0 Å². The van der Waals surface area contributed by atoms with Gasteiger partial charge >= 0.3 is 0 Å². The van der Waals surface area contributed by atoms with Gasteiger partial charge < -0.3 is 0 Å². The molecule has 0 atom stereocenters. The van der Waals surface area contributed by atoms with Crippen LogP contribution < -0.4 is 0 Å². The Bertz CT molecular complexity index is 44.0. The molecule has 0 aliphatic rings. The van der Waals surface area contributed by atoms with E-state index < -0.39 is 0 Å². The molecule has 0 aliphatic carbocycles. The molecule has 0 heterocycles. The van der Waals surface area contributed by atoms with Crippen LogP contribution in [-0.4, -0.2) is 0 Å². The topological polar surface area (TPSA) is 0 Å². The molecule has 32 valence electrons. The highest BCUT2D eigenvalue weighted by atomic mass is 14.0. The fourth-order valence-corrected chi connectivity index (χ4v) is 0. The summed E-state index contributed by atoms with van der Waals surface area (Å²) in [6.45, 7) is 4.56. The second kappa shape index (κ2) is 1.00. The van der Waals surface area contributed by atoms with Gasteiger partial charge in [-0.2, -0.15) is 0 Å². The molecule has 0 heteroatoms. The van der Waals surface area contributed by atoms with Crippen LogP contribution in [-0.2, 0) is 0 Å². The summed E-state index contributed by atoms with van der Waals surface area (Å²) in [5.41, 5.74) is -0.0833. The van der Waals surface area contributed by atoms with Gasteiger partial charge in [-0.25, -0.2) is 0 Å². The molecule has 0 aromatic carbocycles. The summed E-state index contributed by atoms with van der Waals surface area (Å²) in [5, 5.41) is 0. The first-order chi connectivity index (χ1) is 3.12. The zero-order valence-electron chi connectivity index (χ0n) is 5.91. The highest BCUT2D eigenvalue weighted by Crippen LogP contribution is 2.07. The Morgan fingerprint density at radius 1 is 1.40 bits per heavy atom. The van der Waals surface area contributed by atoms with Crippen molar-refractivity contribution in [1.29, 1.82) is 0 Å². The summed E-state index contributed by atoms with van der Waals surface area (Å²) >= 11 is 0. The lowest BCUT2D eigenvalue weighted by Gasteiger charge is -2.05. The zero-order chi connectivity index (χ0) is 5.91. The van der Waals surface area contributed by atoms with Gasteiger partial charge in [-0.3, -0.25) is 0 Å². The highest BCUT2D eigenvalue weighted by Gasteiger charge is 1.95. The summed E-state index contributed by atoms with van der Waals surface area (Å²) in [4.78, 5) is 0. The molecule has 0 saturated heterocycles. The average Bonchev–Trinajstić information content (AvgIpc) is 1.68. The third kappa shape index (κ3) is 0. The van der Waals surface area contributed by atoms with Gasteiger partial charge in [0.15, 0.2) is 0 Å². The summed E-state index contributed by atoms with van der Waals surface area (Å²) in [5.74, 6) is 0. The van der Waals surface area contributed by atoms with Crippen molar-refractivity contribution in [3.63, 3.8) is 0 Å². The van der Waals surface area contributed by atoms with Crippen molar-refractivity contribution >= 4 is 0 Å². The quantitative estimate of drug-likeness (QED) is 0.412. The molecular formula is C5H12. The fraction of sp³-hybridized carbons (Fsp3) is 1.00. The molecule has 0 aliphatic heterocycles. The Balaban J connectivity index is 3.36. The monoisotopic (exact) mass is 74.1 g/mol. The first-order valence-electron chi connectivity index (χ1n) is 3.12. The predicted molar refractivity (Wildman–Crippen MR) is 25.1 cm³/mol. The maximum absolute atomic E-state index is 6.89. The molecule has 0 saturated carbocycles. The van der Waals surface area contributed by atoms with Crippen LogP contribution in [0.4, 0.5) is 0 Å². The lowest BCUT2D eigenvalue weighted by atomic mass is 10.0. The van der Waals surface area contributed by atoms with Gasteiger partial charge in [-0.05, 0) is 5.41 Å². The molecule has 0 N–H and O–H groups in total. The fourth-order valence-electron chi connectivity index (χ4n) is 0. The van der Waals surface area contributed by atoms with Gasteiger partial charge in [0, 0.05) is 2.74 Å². The van der Waals surface area contributed by atoms with E-state index in [9.17, 15) is 0 Å². The van der Waals surface area contributed by atoms with E-state index in [4.69, 9.17) is 2.74 Å². The standard InChI is InChI=1S/C5H12/c1-5(2,3)4/h1-4H3/i1D,2D. The van der Waals surface area contributed by atoms with Gasteiger partial charge in [0.05, 0.1) is 0 Å². The molecule has 0 fully saturated rings. The van der Waals surface area contributed by atoms with Crippen LogP contribution in [0.2, 0.25) is 0 Å². The second-order valence-electron chi connectivity index (χ2n) is 2.16. The van der Waals surface area contributed by atoms with E-state index >= 15 is 0 Å². The van der Waals surface area contributed by atoms with Gasteiger partial charge in [0.2, 0.25) is 0 Å². The Morgan fingerprint density at radius 3 is 1.80 bits per heavy atom. The van der Waals surface area contributed by atoms with Crippen molar-refractivity contribution in [3.8, 4) is 0 Å². The summed E-state index contributed by atoms with van der Waals surface area (Å²) in [6.07, 6.45) is 0.